The van der Waals surface area contributed by atoms with E-state index < -0.39 is 0 Å². The summed E-state index contributed by atoms with van der Waals surface area (Å²) in [5, 5.41) is 11.6. The zero-order valence-corrected chi connectivity index (χ0v) is 6.90. The lowest BCUT2D eigenvalue weighted by Gasteiger charge is -2.02. The van der Waals surface area contributed by atoms with Crippen LogP contribution in [0.25, 0.3) is 0 Å². The van der Waals surface area contributed by atoms with E-state index in [1.165, 1.54) is 6.33 Å². The van der Waals surface area contributed by atoms with Gasteiger partial charge in [-0.25, -0.2) is 9.97 Å². The third-order valence-corrected chi connectivity index (χ3v) is 1.47. The Morgan fingerprint density at radius 3 is 3.00 bits per heavy atom. The van der Waals surface area contributed by atoms with E-state index in [4.69, 9.17) is 5.11 Å². The summed E-state index contributed by atoms with van der Waals surface area (Å²) >= 11 is 0. The summed E-state index contributed by atoms with van der Waals surface area (Å²) in [5.41, 5.74) is 0. The molecule has 0 saturated carbocycles. The molecule has 1 rings (SSSR count). The molecular weight excluding hydrogens is 154 g/mol. The highest BCUT2D eigenvalue weighted by atomic mass is 16.2. The molecular formula is C8H13N3O. The van der Waals surface area contributed by atoms with Gasteiger partial charge in [0.2, 0.25) is 0 Å². The van der Waals surface area contributed by atoms with E-state index in [0.717, 1.165) is 25.2 Å². The van der Waals surface area contributed by atoms with Crippen LogP contribution in [-0.2, 0) is 0 Å². The third kappa shape index (κ3) is 3.30. The average molecular weight is 167 g/mol. The quantitative estimate of drug-likeness (QED) is 0.632. The number of nitrogens with zero attached hydrogens (tertiary/aromatic N) is 2. The number of rotatable bonds is 5. The summed E-state index contributed by atoms with van der Waals surface area (Å²) < 4.78 is 0. The maximum atomic E-state index is 8.51. The number of aliphatic hydroxyl groups excluding tert-OH is 1. The standard InChI is InChI=1S/C8H13N3O/c12-6-2-1-4-10-8-3-5-9-7-11-8/h3,5,7,12H,1-2,4,6H2,(H,9,10,11). The maximum Gasteiger partial charge on any atom is 0.129 e. The SMILES string of the molecule is OCCCCNc1ccncn1. The van der Waals surface area contributed by atoms with Gasteiger partial charge >= 0.3 is 0 Å². The molecule has 66 valence electrons. The van der Waals surface area contributed by atoms with E-state index >= 15 is 0 Å². The number of aliphatic hydroxyl groups is 1. The lowest BCUT2D eigenvalue weighted by Crippen LogP contribution is -2.03. The Kier molecular flexibility index (Phi) is 4.08. The van der Waals surface area contributed by atoms with E-state index in [9.17, 15) is 0 Å². The van der Waals surface area contributed by atoms with Gasteiger partial charge in [0, 0.05) is 19.3 Å². The Morgan fingerprint density at radius 2 is 2.33 bits per heavy atom. The molecule has 0 fully saturated rings. The molecule has 4 heteroatoms. The predicted molar refractivity (Wildman–Crippen MR) is 46.8 cm³/mol. The average Bonchev–Trinajstić information content (AvgIpc) is 2.14. The first-order chi connectivity index (χ1) is 5.93. The highest BCUT2D eigenvalue weighted by molar-refractivity contribution is 5.30. The molecule has 0 amide bonds. The summed E-state index contributed by atoms with van der Waals surface area (Å²) in [4.78, 5) is 7.79. The summed E-state index contributed by atoms with van der Waals surface area (Å²) in [6.45, 7) is 1.10. The molecule has 0 radical (unpaired) electrons. The van der Waals surface area contributed by atoms with Crippen molar-refractivity contribution >= 4 is 5.82 Å². The van der Waals surface area contributed by atoms with Gasteiger partial charge in [-0.2, -0.15) is 0 Å². The number of hydrogen-bond donors (Lipinski definition) is 2. The Hall–Kier alpha value is -1.16. The van der Waals surface area contributed by atoms with Crippen LogP contribution >= 0.6 is 0 Å². The molecule has 0 aromatic carbocycles. The van der Waals surface area contributed by atoms with Crippen molar-refractivity contribution in [3.8, 4) is 0 Å². The zero-order chi connectivity index (χ0) is 8.65. The highest BCUT2D eigenvalue weighted by Gasteiger charge is 1.89. The smallest absolute Gasteiger partial charge is 0.129 e. The molecule has 12 heavy (non-hydrogen) atoms. The predicted octanol–water partition coefficient (Wildman–Crippen LogP) is 0.661. The van der Waals surface area contributed by atoms with E-state index in [1.807, 2.05) is 6.07 Å². The molecule has 2 N–H and O–H groups in total. The van der Waals surface area contributed by atoms with Crippen LogP contribution in [0.4, 0.5) is 5.82 Å². The van der Waals surface area contributed by atoms with Crippen LogP contribution in [0.2, 0.25) is 0 Å². The lowest BCUT2D eigenvalue weighted by atomic mass is 10.3. The number of aromatic nitrogens is 2. The minimum absolute atomic E-state index is 0.255. The van der Waals surface area contributed by atoms with Crippen molar-refractivity contribution in [1.82, 2.24) is 9.97 Å². The first kappa shape index (κ1) is 8.93. The number of nitrogens with one attached hydrogen (secondary N) is 1. The molecule has 0 unspecified atom stereocenters. The van der Waals surface area contributed by atoms with Crippen LogP contribution in [0.3, 0.4) is 0 Å². The van der Waals surface area contributed by atoms with E-state index in [-0.39, 0.29) is 6.61 Å². The topological polar surface area (TPSA) is 58.0 Å². The number of hydrogen-bond acceptors (Lipinski definition) is 4. The van der Waals surface area contributed by atoms with Gasteiger partial charge in [-0.3, -0.25) is 0 Å². The maximum absolute atomic E-state index is 8.51. The van der Waals surface area contributed by atoms with Gasteiger partial charge in [0.1, 0.15) is 12.1 Å². The van der Waals surface area contributed by atoms with Gasteiger partial charge in [0.05, 0.1) is 0 Å². The minimum atomic E-state index is 0.255. The molecule has 0 aliphatic carbocycles. The lowest BCUT2D eigenvalue weighted by molar-refractivity contribution is 0.286. The van der Waals surface area contributed by atoms with Crippen molar-refractivity contribution < 1.29 is 5.11 Å². The van der Waals surface area contributed by atoms with Crippen molar-refractivity contribution in [1.29, 1.82) is 0 Å². The van der Waals surface area contributed by atoms with Crippen molar-refractivity contribution in [2.45, 2.75) is 12.8 Å². The van der Waals surface area contributed by atoms with Crippen LogP contribution < -0.4 is 5.32 Å². The normalized spacial score (nSPS) is 9.75. The Labute approximate surface area is 71.7 Å². The zero-order valence-electron chi connectivity index (χ0n) is 6.90. The molecule has 0 aliphatic heterocycles. The molecule has 1 heterocycles. The highest BCUT2D eigenvalue weighted by Crippen LogP contribution is 1.98. The second-order valence-electron chi connectivity index (χ2n) is 2.45. The van der Waals surface area contributed by atoms with Crippen LogP contribution in [0.1, 0.15) is 12.8 Å². The van der Waals surface area contributed by atoms with Crippen molar-refractivity contribution in [3.63, 3.8) is 0 Å². The van der Waals surface area contributed by atoms with E-state index in [0.29, 0.717) is 0 Å². The van der Waals surface area contributed by atoms with Gasteiger partial charge in [0.15, 0.2) is 0 Å². The van der Waals surface area contributed by atoms with E-state index in [2.05, 4.69) is 15.3 Å². The fourth-order valence-corrected chi connectivity index (χ4v) is 0.849. The molecule has 0 bridgehead atoms. The fraction of sp³-hybridized carbons (Fsp3) is 0.500. The van der Waals surface area contributed by atoms with Crippen molar-refractivity contribution in [2.75, 3.05) is 18.5 Å². The Bertz CT molecular complexity index is 203. The molecule has 1 aromatic rings. The second-order valence-corrected chi connectivity index (χ2v) is 2.45. The fourth-order valence-electron chi connectivity index (χ4n) is 0.849. The first-order valence-corrected chi connectivity index (χ1v) is 4.04. The molecule has 4 nitrogen and oxygen atoms in total. The summed E-state index contributed by atoms with van der Waals surface area (Å²) in [6.07, 6.45) is 4.99. The van der Waals surface area contributed by atoms with Crippen molar-refractivity contribution in [2.24, 2.45) is 0 Å². The monoisotopic (exact) mass is 167 g/mol. The second kappa shape index (κ2) is 5.49. The molecule has 0 spiro atoms. The van der Waals surface area contributed by atoms with Crippen molar-refractivity contribution in [3.05, 3.63) is 18.6 Å². The summed E-state index contributed by atoms with van der Waals surface area (Å²) in [6, 6.07) is 1.82. The van der Waals surface area contributed by atoms with Crippen LogP contribution in [0.15, 0.2) is 18.6 Å². The first-order valence-electron chi connectivity index (χ1n) is 4.04. The molecule has 1 aromatic heterocycles. The van der Waals surface area contributed by atoms with Gasteiger partial charge in [0.25, 0.3) is 0 Å². The van der Waals surface area contributed by atoms with E-state index in [1.54, 1.807) is 6.20 Å². The summed E-state index contributed by atoms with van der Waals surface area (Å²) in [7, 11) is 0. The molecule has 0 atom stereocenters. The van der Waals surface area contributed by atoms with Gasteiger partial charge in [-0.05, 0) is 18.9 Å². The largest absolute Gasteiger partial charge is 0.396 e. The minimum Gasteiger partial charge on any atom is -0.396 e. The molecule has 0 saturated heterocycles. The van der Waals surface area contributed by atoms with Gasteiger partial charge in [-0.15, -0.1) is 0 Å². The van der Waals surface area contributed by atoms with Gasteiger partial charge in [-0.1, -0.05) is 0 Å². The van der Waals surface area contributed by atoms with Gasteiger partial charge < -0.3 is 10.4 Å². The van der Waals surface area contributed by atoms with Crippen LogP contribution in [0, 0.1) is 0 Å². The van der Waals surface area contributed by atoms with Crippen LogP contribution in [0.5, 0.6) is 0 Å². The third-order valence-electron chi connectivity index (χ3n) is 1.47. The van der Waals surface area contributed by atoms with Crippen LogP contribution in [-0.4, -0.2) is 28.2 Å². The Morgan fingerprint density at radius 1 is 1.42 bits per heavy atom. The number of unbranched alkanes of at least 4 members (excludes halogenated alkanes) is 1. The number of anilines is 1. The Balaban J connectivity index is 2.16. The molecule has 0 aliphatic rings. The summed E-state index contributed by atoms with van der Waals surface area (Å²) in [5.74, 6) is 0.836.